The van der Waals surface area contributed by atoms with Crippen molar-refractivity contribution in [3.05, 3.63) is 53.1 Å². The summed E-state index contributed by atoms with van der Waals surface area (Å²) in [5, 5.41) is 11.7. The Morgan fingerprint density at radius 3 is 2.81 bits per heavy atom. The molecule has 1 aliphatic rings. The van der Waals surface area contributed by atoms with Gasteiger partial charge >= 0.3 is 0 Å². The maximum absolute atomic E-state index is 11.5. The fourth-order valence-corrected chi connectivity index (χ4v) is 5.01. The Kier molecular flexibility index (Phi) is 4.91. The molecule has 0 spiro atoms. The molecule has 0 aromatic carbocycles. The van der Waals surface area contributed by atoms with Crippen LogP contribution >= 0.6 is 22.9 Å². The van der Waals surface area contributed by atoms with E-state index in [4.69, 9.17) is 16.7 Å². The molecule has 8 nitrogen and oxygen atoms in total. The van der Waals surface area contributed by atoms with Crippen molar-refractivity contribution in [2.75, 3.05) is 17.7 Å². The fraction of sp³-hybridized carbons (Fsp3) is 0.190. The zero-order valence-corrected chi connectivity index (χ0v) is 18.4. The molecule has 0 atom stereocenters. The first-order valence-electron chi connectivity index (χ1n) is 9.69. The number of halogens is 1. The van der Waals surface area contributed by atoms with Crippen LogP contribution in [0.15, 0.2) is 36.7 Å². The number of amides is 1. The van der Waals surface area contributed by atoms with Gasteiger partial charge in [-0.05, 0) is 37.1 Å². The number of carbonyl (C=O) groups is 1. The van der Waals surface area contributed by atoms with Gasteiger partial charge in [-0.3, -0.25) is 4.79 Å². The van der Waals surface area contributed by atoms with Gasteiger partial charge in [-0.25, -0.2) is 19.6 Å². The molecule has 0 bridgehead atoms. The van der Waals surface area contributed by atoms with Crippen molar-refractivity contribution in [3.8, 4) is 27.5 Å². The van der Waals surface area contributed by atoms with Crippen LogP contribution in [0.25, 0.3) is 27.5 Å². The molecule has 10 heteroatoms. The normalized spacial score (nSPS) is 12.2. The fourth-order valence-electron chi connectivity index (χ4n) is 3.70. The number of hydrogen-bond acceptors (Lipinski definition) is 7. The molecular formula is C21H18ClN7OS. The van der Waals surface area contributed by atoms with Crippen LogP contribution in [-0.4, -0.2) is 37.7 Å². The number of fused-ring (bicyclic) bond motifs is 3. The van der Waals surface area contributed by atoms with Crippen molar-refractivity contribution >= 4 is 39.8 Å². The van der Waals surface area contributed by atoms with Crippen LogP contribution < -0.4 is 10.6 Å². The lowest BCUT2D eigenvalue weighted by Gasteiger charge is -2.14. The summed E-state index contributed by atoms with van der Waals surface area (Å²) in [6.07, 6.45) is 5.00. The minimum Gasteiger partial charge on any atom is -0.373 e. The molecule has 31 heavy (non-hydrogen) atoms. The van der Waals surface area contributed by atoms with E-state index in [-0.39, 0.29) is 5.91 Å². The Labute approximate surface area is 187 Å². The molecule has 4 aromatic rings. The number of nitrogens with zero attached hydrogens (tertiary/aromatic N) is 5. The molecule has 0 radical (unpaired) electrons. The van der Waals surface area contributed by atoms with E-state index in [2.05, 4.69) is 25.6 Å². The van der Waals surface area contributed by atoms with Gasteiger partial charge in [0.15, 0.2) is 10.3 Å². The quantitative estimate of drug-likeness (QED) is 0.451. The lowest BCUT2D eigenvalue weighted by molar-refractivity contribution is -0.114. The van der Waals surface area contributed by atoms with E-state index in [1.807, 2.05) is 42.2 Å². The number of aryl methyl sites for hydroxylation is 1. The second-order valence-electron chi connectivity index (χ2n) is 7.06. The Morgan fingerprint density at radius 1 is 1.23 bits per heavy atom. The van der Waals surface area contributed by atoms with Crippen molar-refractivity contribution < 1.29 is 4.79 Å². The number of pyridine rings is 2. The first-order chi connectivity index (χ1) is 15.0. The van der Waals surface area contributed by atoms with E-state index < -0.39 is 0 Å². The average molecular weight is 452 g/mol. The highest BCUT2D eigenvalue weighted by atomic mass is 35.5. The number of carbonyl (C=O) groups excluding carboxylic acids is 1. The van der Waals surface area contributed by atoms with Crippen molar-refractivity contribution in [2.24, 2.45) is 0 Å². The van der Waals surface area contributed by atoms with Gasteiger partial charge in [0, 0.05) is 37.5 Å². The predicted octanol–water partition coefficient (Wildman–Crippen LogP) is 4.20. The summed E-state index contributed by atoms with van der Waals surface area (Å²) >= 11 is 7.88. The van der Waals surface area contributed by atoms with E-state index in [1.165, 1.54) is 18.3 Å². The second kappa shape index (κ2) is 7.75. The van der Waals surface area contributed by atoms with E-state index >= 15 is 0 Å². The summed E-state index contributed by atoms with van der Waals surface area (Å²) in [4.78, 5) is 25.8. The summed E-state index contributed by atoms with van der Waals surface area (Å²) < 4.78 is 1.83. The standard InChI is InChI=1S/C21H18ClN7OS/c1-11(30)26-21-27-14-7-6-13-17(12-5-8-16(23-2)25-10-12)28-29(18(13)19(14)31-21)15-4-3-9-24-20(15)22/h3-5,8-10H,6-7H2,1-2H3,(H,23,25)(H,26,27,30). The highest BCUT2D eigenvalue weighted by Gasteiger charge is 2.30. The SMILES string of the molecule is CNc1ccc(-c2nn(-c3cccnc3Cl)c3c2CCc2nc(NC(C)=O)sc2-3)cn1. The molecule has 0 fully saturated rings. The number of hydrogen-bond donors (Lipinski definition) is 2. The van der Waals surface area contributed by atoms with Crippen LogP contribution in [0.4, 0.5) is 10.9 Å². The summed E-state index contributed by atoms with van der Waals surface area (Å²) in [6.45, 7) is 1.48. The van der Waals surface area contributed by atoms with E-state index in [0.717, 1.165) is 51.7 Å². The molecule has 4 heterocycles. The van der Waals surface area contributed by atoms with Crippen LogP contribution in [0.1, 0.15) is 18.2 Å². The molecule has 0 saturated carbocycles. The Balaban J connectivity index is 1.73. The molecular weight excluding hydrogens is 434 g/mol. The monoisotopic (exact) mass is 451 g/mol. The molecule has 2 N–H and O–H groups in total. The Bertz CT molecular complexity index is 1300. The molecule has 0 aliphatic heterocycles. The topological polar surface area (TPSA) is 97.6 Å². The zero-order chi connectivity index (χ0) is 21.5. The molecule has 0 unspecified atom stereocenters. The van der Waals surface area contributed by atoms with Crippen LogP contribution in [0.5, 0.6) is 0 Å². The average Bonchev–Trinajstić information content (AvgIpc) is 3.34. The minimum atomic E-state index is -0.147. The van der Waals surface area contributed by atoms with Gasteiger partial charge in [-0.1, -0.05) is 22.9 Å². The highest BCUT2D eigenvalue weighted by molar-refractivity contribution is 7.19. The third kappa shape index (κ3) is 3.45. The highest BCUT2D eigenvalue weighted by Crippen LogP contribution is 2.44. The lowest BCUT2D eigenvalue weighted by atomic mass is 9.95. The van der Waals surface area contributed by atoms with Crippen LogP contribution in [-0.2, 0) is 17.6 Å². The van der Waals surface area contributed by atoms with Crippen molar-refractivity contribution in [1.29, 1.82) is 0 Å². The Morgan fingerprint density at radius 2 is 2.10 bits per heavy atom. The summed E-state index contributed by atoms with van der Waals surface area (Å²) in [5.41, 5.74) is 5.43. The van der Waals surface area contributed by atoms with E-state index in [1.54, 1.807) is 6.20 Å². The lowest BCUT2D eigenvalue weighted by Crippen LogP contribution is -2.07. The molecule has 156 valence electrons. The number of rotatable bonds is 4. The molecule has 1 amide bonds. The van der Waals surface area contributed by atoms with Crippen LogP contribution in [0.3, 0.4) is 0 Å². The van der Waals surface area contributed by atoms with Gasteiger partial charge < -0.3 is 10.6 Å². The molecule has 0 saturated heterocycles. The second-order valence-corrected chi connectivity index (χ2v) is 8.42. The number of anilines is 2. The van der Waals surface area contributed by atoms with Gasteiger partial charge in [0.1, 0.15) is 11.5 Å². The van der Waals surface area contributed by atoms with E-state index in [0.29, 0.717) is 16.0 Å². The first-order valence-corrected chi connectivity index (χ1v) is 10.9. The van der Waals surface area contributed by atoms with Crippen molar-refractivity contribution in [1.82, 2.24) is 24.7 Å². The molecule has 4 aromatic heterocycles. The minimum absolute atomic E-state index is 0.147. The predicted molar refractivity (Wildman–Crippen MR) is 122 cm³/mol. The zero-order valence-electron chi connectivity index (χ0n) is 16.8. The summed E-state index contributed by atoms with van der Waals surface area (Å²) in [5.74, 6) is 0.642. The third-order valence-corrected chi connectivity index (χ3v) is 6.36. The van der Waals surface area contributed by atoms with Crippen molar-refractivity contribution in [3.63, 3.8) is 0 Å². The maximum atomic E-state index is 11.5. The maximum Gasteiger partial charge on any atom is 0.223 e. The number of aromatic nitrogens is 5. The van der Waals surface area contributed by atoms with Gasteiger partial charge in [0.05, 0.1) is 22.0 Å². The first kappa shape index (κ1) is 19.7. The number of thiazole rings is 1. The van der Waals surface area contributed by atoms with Gasteiger partial charge in [0.25, 0.3) is 0 Å². The van der Waals surface area contributed by atoms with Crippen molar-refractivity contribution in [2.45, 2.75) is 19.8 Å². The van der Waals surface area contributed by atoms with Crippen LogP contribution in [0, 0.1) is 0 Å². The smallest absolute Gasteiger partial charge is 0.223 e. The molecule has 5 rings (SSSR count). The van der Waals surface area contributed by atoms with Gasteiger partial charge in [-0.15, -0.1) is 0 Å². The van der Waals surface area contributed by atoms with Crippen LogP contribution in [0.2, 0.25) is 5.15 Å². The largest absolute Gasteiger partial charge is 0.373 e. The third-order valence-electron chi connectivity index (χ3n) is 5.05. The summed E-state index contributed by atoms with van der Waals surface area (Å²) in [7, 11) is 1.83. The van der Waals surface area contributed by atoms with E-state index in [9.17, 15) is 4.79 Å². The summed E-state index contributed by atoms with van der Waals surface area (Å²) in [6, 6.07) is 7.64. The number of nitrogens with one attached hydrogen (secondary N) is 2. The molecule has 1 aliphatic carbocycles. The van der Waals surface area contributed by atoms with Gasteiger partial charge in [0.2, 0.25) is 5.91 Å². The van der Waals surface area contributed by atoms with Gasteiger partial charge in [-0.2, -0.15) is 5.10 Å². The Hall–Kier alpha value is -3.30.